The minimum Gasteiger partial charge on any atom is -0.469 e. The lowest BCUT2D eigenvalue weighted by molar-refractivity contribution is -0.154. The Balaban J connectivity index is 2.31. The SMILES string of the molecule is COC(=O)c1ccc2c(c1)CCC(CCN)(C(=O)OC)C2. The van der Waals surface area contributed by atoms with Gasteiger partial charge in [0, 0.05) is 0 Å². The van der Waals surface area contributed by atoms with E-state index in [9.17, 15) is 9.59 Å². The van der Waals surface area contributed by atoms with E-state index < -0.39 is 5.41 Å². The highest BCUT2D eigenvalue weighted by Gasteiger charge is 2.41. The monoisotopic (exact) mass is 291 g/mol. The zero-order valence-electron chi connectivity index (χ0n) is 12.5. The fourth-order valence-corrected chi connectivity index (χ4v) is 3.09. The third-order valence-electron chi connectivity index (χ3n) is 4.27. The van der Waals surface area contributed by atoms with Gasteiger partial charge in [0.05, 0.1) is 25.2 Å². The highest BCUT2D eigenvalue weighted by atomic mass is 16.5. The topological polar surface area (TPSA) is 78.6 Å². The second-order valence-corrected chi connectivity index (χ2v) is 5.46. The van der Waals surface area contributed by atoms with Crippen LogP contribution in [-0.4, -0.2) is 32.7 Å². The lowest BCUT2D eigenvalue weighted by atomic mass is 9.69. The molecule has 0 spiro atoms. The Labute approximate surface area is 124 Å². The molecule has 1 aliphatic rings. The van der Waals surface area contributed by atoms with Gasteiger partial charge in [-0.25, -0.2) is 4.79 Å². The van der Waals surface area contributed by atoms with Crippen molar-refractivity contribution in [2.75, 3.05) is 20.8 Å². The van der Waals surface area contributed by atoms with Crippen LogP contribution in [0.25, 0.3) is 0 Å². The van der Waals surface area contributed by atoms with E-state index in [0.717, 1.165) is 17.5 Å². The summed E-state index contributed by atoms with van der Waals surface area (Å²) < 4.78 is 9.70. The maximum atomic E-state index is 12.2. The first-order chi connectivity index (χ1) is 10.1. The Hall–Kier alpha value is -1.88. The van der Waals surface area contributed by atoms with Crippen molar-refractivity contribution in [1.29, 1.82) is 0 Å². The first-order valence-corrected chi connectivity index (χ1v) is 7.05. The lowest BCUT2D eigenvalue weighted by Gasteiger charge is -2.35. The summed E-state index contributed by atoms with van der Waals surface area (Å²) in [5.74, 6) is -0.541. The van der Waals surface area contributed by atoms with Gasteiger partial charge in [-0.3, -0.25) is 4.79 Å². The van der Waals surface area contributed by atoms with Gasteiger partial charge in [-0.2, -0.15) is 0 Å². The van der Waals surface area contributed by atoms with Crippen molar-refractivity contribution in [3.63, 3.8) is 0 Å². The average Bonchev–Trinajstić information content (AvgIpc) is 2.52. The minimum atomic E-state index is -0.538. The summed E-state index contributed by atoms with van der Waals surface area (Å²) in [7, 11) is 2.78. The summed E-state index contributed by atoms with van der Waals surface area (Å²) in [6.45, 7) is 0.449. The number of fused-ring (bicyclic) bond motifs is 1. The summed E-state index contributed by atoms with van der Waals surface area (Å²) >= 11 is 0. The van der Waals surface area contributed by atoms with E-state index in [2.05, 4.69) is 0 Å². The quantitative estimate of drug-likeness (QED) is 0.850. The van der Waals surface area contributed by atoms with Crippen molar-refractivity contribution in [2.45, 2.75) is 25.7 Å². The van der Waals surface area contributed by atoms with Crippen LogP contribution in [0.5, 0.6) is 0 Å². The Morgan fingerprint density at radius 2 is 2.00 bits per heavy atom. The number of carbonyl (C=O) groups is 2. The zero-order valence-corrected chi connectivity index (χ0v) is 12.5. The van der Waals surface area contributed by atoms with Crippen LogP contribution in [0.2, 0.25) is 0 Å². The summed E-state index contributed by atoms with van der Waals surface area (Å²) in [6.07, 6.45) is 2.63. The van der Waals surface area contributed by atoms with E-state index in [-0.39, 0.29) is 11.9 Å². The standard InChI is InChI=1S/C16H21NO4/c1-20-14(18)12-3-4-13-10-16(7-8-17,15(19)21-2)6-5-11(13)9-12/h3-4,9H,5-8,10,17H2,1-2H3. The summed E-state index contributed by atoms with van der Waals surface area (Å²) in [6, 6.07) is 5.49. The van der Waals surface area contributed by atoms with Crippen molar-refractivity contribution in [3.8, 4) is 0 Å². The molecule has 1 unspecified atom stereocenters. The van der Waals surface area contributed by atoms with Crippen LogP contribution < -0.4 is 5.73 Å². The zero-order chi connectivity index (χ0) is 15.5. The number of rotatable bonds is 4. The van der Waals surface area contributed by atoms with Gasteiger partial charge in [0.15, 0.2) is 0 Å². The molecule has 0 saturated carbocycles. The molecule has 1 aliphatic carbocycles. The van der Waals surface area contributed by atoms with Crippen molar-refractivity contribution < 1.29 is 19.1 Å². The van der Waals surface area contributed by atoms with E-state index in [1.54, 1.807) is 6.07 Å². The molecule has 0 aliphatic heterocycles. The molecule has 0 bridgehead atoms. The van der Waals surface area contributed by atoms with E-state index >= 15 is 0 Å². The molecule has 2 rings (SSSR count). The number of ether oxygens (including phenoxy) is 2. The Morgan fingerprint density at radius 1 is 1.24 bits per heavy atom. The molecule has 21 heavy (non-hydrogen) atoms. The molecule has 2 N–H and O–H groups in total. The van der Waals surface area contributed by atoms with E-state index in [0.29, 0.717) is 31.4 Å². The maximum Gasteiger partial charge on any atom is 0.337 e. The van der Waals surface area contributed by atoms with Gasteiger partial charge in [-0.15, -0.1) is 0 Å². The smallest absolute Gasteiger partial charge is 0.337 e. The number of esters is 2. The van der Waals surface area contributed by atoms with E-state index in [1.807, 2.05) is 12.1 Å². The Morgan fingerprint density at radius 3 is 2.62 bits per heavy atom. The maximum absolute atomic E-state index is 12.2. The number of methoxy groups -OCH3 is 2. The molecule has 1 aromatic rings. The molecule has 0 heterocycles. The minimum absolute atomic E-state index is 0.198. The van der Waals surface area contributed by atoms with Gasteiger partial charge in [0.2, 0.25) is 0 Å². The van der Waals surface area contributed by atoms with Gasteiger partial charge in [-0.05, 0) is 55.5 Å². The predicted molar refractivity (Wildman–Crippen MR) is 77.9 cm³/mol. The fraction of sp³-hybridized carbons (Fsp3) is 0.500. The van der Waals surface area contributed by atoms with Crippen LogP contribution in [0.15, 0.2) is 18.2 Å². The van der Waals surface area contributed by atoms with Crippen molar-refractivity contribution in [3.05, 3.63) is 34.9 Å². The highest BCUT2D eigenvalue weighted by molar-refractivity contribution is 5.89. The molecule has 0 aromatic heterocycles. The molecule has 0 saturated heterocycles. The molecule has 0 amide bonds. The van der Waals surface area contributed by atoms with Crippen molar-refractivity contribution >= 4 is 11.9 Å². The molecule has 1 atom stereocenters. The second-order valence-electron chi connectivity index (χ2n) is 5.46. The first-order valence-electron chi connectivity index (χ1n) is 7.05. The highest BCUT2D eigenvalue weighted by Crippen LogP contribution is 2.39. The van der Waals surface area contributed by atoms with E-state index in [4.69, 9.17) is 15.2 Å². The van der Waals surface area contributed by atoms with Gasteiger partial charge >= 0.3 is 11.9 Å². The van der Waals surface area contributed by atoms with Crippen LogP contribution in [0.1, 0.15) is 34.3 Å². The first kappa shape index (κ1) is 15.5. The number of hydrogen-bond donors (Lipinski definition) is 1. The van der Waals surface area contributed by atoms with Crippen LogP contribution in [0.3, 0.4) is 0 Å². The predicted octanol–water partition coefficient (Wildman–Crippen LogP) is 1.47. The summed E-state index contributed by atoms with van der Waals surface area (Å²) in [4.78, 5) is 23.7. The third kappa shape index (κ3) is 2.93. The fourth-order valence-electron chi connectivity index (χ4n) is 3.09. The molecular weight excluding hydrogens is 270 g/mol. The number of carbonyl (C=O) groups excluding carboxylic acids is 2. The third-order valence-corrected chi connectivity index (χ3v) is 4.27. The largest absolute Gasteiger partial charge is 0.469 e. The van der Waals surface area contributed by atoms with Crippen molar-refractivity contribution in [1.82, 2.24) is 0 Å². The Bertz CT molecular complexity index is 555. The molecule has 5 heteroatoms. The van der Waals surface area contributed by atoms with Crippen LogP contribution in [-0.2, 0) is 27.1 Å². The molecule has 5 nitrogen and oxygen atoms in total. The Kier molecular flexibility index (Phi) is 4.63. The summed E-state index contributed by atoms with van der Waals surface area (Å²) in [5.41, 5.74) is 7.84. The molecular formula is C16H21NO4. The lowest BCUT2D eigenvalue weighted by Crippen LogP contribution is -2.39. The van der Waals surface area contributed by atoms with Crippen LogP contribution in [0, 0.1) is 5.41 Å². The number of aryl methyl sites for hydroxylation is 1. The number of hydrogen-bond acceptors (Lipinski definition) is 5. The van der Waals surface area contributed by atoms with Gasteiger partial charge in [-0.1, -0.05) is 6.07 Å². The molecule has 1 aromatic carbocycles. The van der Waals surface area contributed by atoms with Crippen LogP contribution >= 0.6 is 0 Å². The van der Waals surface area contributed by atoms with Crippen molar-refractivity contribution in [2.24, 2.45) is 11.1 Å². The van der Waals surface area contributed by atoms with Gasteiger partial charge < -0.3 is 15.2 Å². The molecule has 114 valence electrons. The molecule has 0 radical (unpaired) electrons. The normalized spacial score (nSPS) is 20.5. The average molecular weight is 291 g/mol. The second kappa shape index (κ2) is 6.26. The van der Waals surface area contributed by atoms with Crippen LogP contribution in [0.4, 0.5) is 0 Å². The van der Waals surface area contributed by atoms with Gasteiger partial charge in [0.25, 0.3) is 0 Å². The number of nitrogens with two attached hydrogens (primary N) is 1. The number of benzene rings is 1. The molecule has 0 fully saturated rings. The van der Waals surface area contributed by atoms with Gasteiger partial charge in [0.1, 0.15) is 0 Å². The van der Waals surface area contributed by atoms with E-state index in [1.165, 1.54) is 14.2 Å². The summed E-state index contributed by atoms with van der Waals surface area (Å²) in [5, 5.41) is 0.